The summed E-state index contributed by atoms with van der Waals surface area (Å²) in [5.41, 5.74) is 2.17. The van der Waals surface area contributed by atoms with Gasteiger partial charge in [0.2, 0.25) is 47.2 Å². The van der Waals surface area contributed by atoms with Gasteiger partial charge in [0, 0.05) is 121 Å². The van der Waals surface area contributed by atoms with Crippen molar-refractivity contribution in [1.82, 2.24) is 43.9 Å². The van der Waals surface area contributed by atoms with Crippen LogP contribution in [0, 0.1) is 0 Å². The van der Waals surface area contributed by atoms with Crippen LogP contribution in [0.3, 0.4) is 0 Å². The third-order valence-electron chi connectivity index (χ3n) is 13.9. The lowest BCUT2D eigenvalue weighted by Gasteiger charge is -2.10. The fraction of sp³-hybridized carbons (Fsp3) is 0.424. The molecule has 2 aromatic carbocycles. The summed E-state index contributed by atoms with van der Waals surface area (Å²) in [6, 6.07) is 19.4. The molecule has 0 aliphatic heterocycles. The largest absolute Gasteiger partial charge is 0.491 e. The number of aromatic amines is 2. The van der Waals surface area contributed by atoms with Gasteiger partial charge < -0.3 is 108 Å². The molecule has 0 aliphatic rings. The second-order valence-corrected chi connectivity index (χ2v) is 22.0. The number of anilines is 8. The van der Waals surface area contributed by atoms with E-state index in [1.807, 2.05) is 30.3 Å². The molecule has 36 heteroatoms. The topological polar surface area (TPSA) is 439 Å². The first-order valence-corrected chi connectivity index (χ1v) is 32.6. The van der Waals surface area contributed by atoms with Gasteiger partial charge >= 0.3 is 6.09 Å². The fourth-order valence-electron chi connectivity index (χ4n) is 8.84. The highest BCUT2D eigenvalue weighted by Gasteiger charge is 2.20. The maximum atomic E-state index is 13.1. The molecule has 102 heavy (non-hydrogen) atoms. The number of carbonyl (C=O) groups excluding carboxylic acids is 9. The van der Waals surface area contributed by atoms with Gasteiger partial charge in [-0.25, -0.2) is 14.8 Å². The first-order chi connectivity index (χ1) is 49.5. The average molecular weight is 1420 g/mol. The molecule has 0 aliphatic carbocycles. The van der Waals surface area contributed by atoms with Crippen LogP contribution in [0.1, 0.15) is 65.3 Å². The van der Waals surface area contributed by atoms with Crippen molar-refractivity contribution < 1.29 is 90.5 Å². The normalized spacial score (nSPS) is 11.0. The molecule has 7 rings (SSSR count). The summed E-state index contributed by atoms with van der Waals surface area (Å²) in [6.07, 6.45) is 7.34. The van der Waals surface area contributed by atoms with Crippen molar-refractivity contribution in [2.45, 2.75) is 45.1 Å². The van der Waals surface area contributed by atoms with Crippen LogP contribution >= 0.6 is 0 Å². The Balaban J connectivity index is 0.598. The summed E-state index contributed by atoms with van der Waals surface area (Å²) in [5.74, 6) is -2.34. The molecular weight excluding hydrogens is 1330 g/mol. The van der Waals surface area contributed by atoms with Crippen molar-refractivity contribution >= 4 is 99.6 Å². The Bertz CT molecular complexity index is 3760. The highest BCUT2D eigenvalue weighted by atomic mass is 16.6. The average Bonchev–Trinajstić information content (AvgIpc) is 1.71. The van der Waals surface area contributed by atoms with Gasteiger partial charge in [-0.3, -0.25) is 49.0 Å². The summed E-state index contributed by atoms with van der Waals surface area (Å²) < 4.78 is 59.5. The Morgan fingerprint density at radius 1 is 0.422 bits per heavy atom. The zero-order valence-corrected chi connectivity index (χ0v) is 56.9. The van der Waals surface area contributed by atoms with Gasteiger partial charge in [0.25, 0.3) is 11.8 Å². The number of amides is 9. The van der Waals surface area contributed by atoms with Gasteiger partial charge in [0.05, 0.1) is 117 Å². The Kier molecular flexibility index (Phi) is 34.1. The Labute approximate surface area is 586 Å². The summed E-state index contributed by atoms with van der Waals surface area (Å²) in [6.45, 7) is 7.04. The lowest BCUT2D eigenvalue weighted by Crippen LogP contribution is -2.28. The van der Waals surface area contributed by atoms with Gasteiger partial charge in [0.15, 0.2) is 17.5 Å². The maximum absolute atomic E-state index is 13.1. The van der Waals surface area contributed by atoms with E-state index in [2.05, 4.69) is 72.8 Å². The molecule has 0 atom stereocenters. The monoisotopic (exact) mass is 1420 g/mol. The molecule has 0 saturated heterocycles. The highest BCUT2D eigenvalue weighted by Crippen LogP contribution is 2.20. The number of hydrogen-bond acceptors (Lipinski definition) is 22. The van der Waals surface area contributed by atoms with Crippen molar-refractivity contribution in [3.63, 3.8) is 0 Å². The smallest absolute Gasteiger partial charge is 0.411 e. The summed E-state index contributed by atoms with van der Waals surface area (Å²) in [4.78, 5) is 131. The van der Waals surface area contributed by atoms with E-state index in [0.29, 0.717) is 129 Å². The van der Waals surface area contributed by atoms with Crippen molar-refractivity contribution in [3.8, 4) is 5.75 Å². The van der Waals surface area contributed by atoms with E-state index >= 15 is 0 Å². The van der Waals surface area contributed by atoms with Crippen LogP contribution in [0.15, 0.2) is 104 Å². The number of benzene rings is 2. The first kappa shape index (κ1) is 78.5. The zero-order chi connectivity index (χ0) is 72.5. The molecule has 0 bridgehead atoms. The predicted octanol–water partition coefficient (Wildman–Crippen LogP) is 4.56. The van der Waals surface area contributed by atoms with E-state index in [4.69, 9.17) is 47.4 Å². The minimum Gasteiger partial charge on any atom is -0.491 e. The van der Waals surface area contributed by atoms with Crippen molar-refractivity contribution in [2.75, 3.05) is 161 Å². The van der Waals surface area contributed by atoms with E-state index in [9.17, 15) is 43.2 Å². The summed E-state index contributed by atoms with van der Waals surface area (Å²) in [7, 11) is 4.83. The molecule has 0 unspecified atom stereocenters. The minimum atomic E-state index is -0.637. The maximum Gasteiger partial charge on any atom is 0.411 e. The van der Waals surface area contributed by atoms with E-state index < -0.39 is 47.4 Å². The summed E-state index contributed by atoms with van der Waals surface area (Å²) >= 11 is 0. The number of aryl methyl sites for hydroxylation is 3. The van der Waals surface area contributed by atoms with Crippen LogP contribution in [0.4, 0.5) is 51.1 Å². The lowest BCUT2D eigenvalue weighted by molar-refractivity contribution is -0.124. The number of nitrogens with one attached hydrogen (secondary N) is 11. The highest BCUT2D eigenvalue weighted by molar-refractivity contribution is 6.04. The summed E-state index contributed by atoms with van der Waals surface area (Å²) in [5, 5.41) is 23.7. The van der Waals surface area contributed by atoms with Crippen molar-refractivity contribution in [2.24, 2.45) is 21.1 Å². The van der Waals surface area contributed by atoms with Gasteiger partial charge in [-0.1, -0.05) is 30.3 Å². The molecule has 9 amide bonds. The molecule has 5 heterocycles. The molecule has 550 valence electrons. The third kappa shape index (κ3) is 30.7. The van der Waals surface area contributed by atoms with E-state index in [1.54, 1.807) is 56.2 Å². The van der Waals surface area contributed by atoms with Crippen LogP contribution < -0.4 is 52.6 Å². The number of H-pyrrole nitrogens is 2. The van der Waals surface area contributed by atoms with Crippen LogP contribution in [-0.4, -0.2) is 211 Å². The standard InChI is InChI=1S/C66H87N17O19/c1-81-21-19-68-61(81)63(90)71-48-39-51(69-41-48)74-56(85)15-17-58(87)76-53-43-82(2)62(78-53)64(91)72-49-40-52(70-42-49)75-57(86)16-18-59(88)77-54-44-83(3)65(79-54)80-60(89)14-13-55(84)67-20-22-93-23-24-94-25-26-95-27-28-96-29-30-97-31-32-98-33-34-99-35-36-100-37-38-101-50-11-9-47(10-12-50)73-66(92)102-45-46-7-5-4-6-8-46/h4-12,19,21,39-44,69-70H,13-18,20,22-38,45H2,1-3H3,(H,67,84)(H,71,90)(H,72,91)(H,73,92)(H,74,85)(H,75,86)(H,76,87)(H,77,88)(H,79,80,89). The number of nitrogens with zero attached hydrogens (tertiary/aromatic N) is 6. The molecule has 11 N–H and O–H groups in total. The van der Waals surface area contributed by atoms with Gasteiger partial charge in [-0.05, 0) is 29.8 Å². The van der Waals surface area contributed by atoms with Crippen LogP contribution in [-0.2, 0) is 99.1 Å². The molecule has 0 spiro atoms. The second-order valence-electron chi connectivity index (χ2n) is 22.0. The molecule has 36 nitrogen and oxygen atoms in total. The van der Waals surface area contributed by atoms with Gasteiger partial charge in [-0.15, -0.1) is 0 Å². The number of hydrogen-bond donors (Lipinski definition) is 11. The quantitative estimate of drug-likeness (QED) is 0.0233. The first-order valence-electron chi connectivity index (χ1n) is 32.6. The van der Waals surface area contributed by atoms with Gasteiger partial charge in [0.1, 0.15) is 30.6 Å². The van der Waals surface area contributed by atoms with E-state index in [0.717, 1.165) is 5.56 Å². The SMILES string of the molecule is Cn1cc(NC(=O)CCC(=O)Nc2cc(NC(=O)c3nc(NC(=O)CCC(=O)Nc4cc(NC(=O)c5nccn5C)c[nH]4)cn3C)c[nH]2)nc1NC(=O)CCC(=O)NCCOCCOCCOCCOCCOCCOCCOCCOCCOc1ccc(NC(=O)OCc2ccccc2)cc1. The van der Waals surface area contributed by atoms with Crippen molar-refractivity contribution in [1.29, 1.82) is 0 Å². The number of ether oxygens (including phenoxy) is 10. The van der Waals surface area contributed by atoms with Crippen LogP contribution in [0.25, 0.3) is 0 Å². The van der Waals surface area contributed by atoms with Crippen molar-refractivity contribution in [3.05, 3.63) is 121 Å². The Hall–Kier alpha value is -10.9. The minimum absolute atomic E-state index is 0.0594. The van der Waals surface area contributed by atoms with Gasteiger partial charge in [-0.2, -0.15) is 4.98 Å². The van der Waals surface area contributed by atoms with Crippen LogP contribution in [0.5, 0.6) is 5.75 Å². The molecule has 0 radical (unpaired) electrons. The Morgan fingerprint density at radius 2 is 0.863 bits per heavy atom. The Morgan fingerprint density at radius 3 is 1.36 bits per heavy atom. The molecule has 7 aromatic rings. The number of carbonyl (C=O) groups is 9. The predicted molar refractivity (Wildman–Crippen MR) is 370 cm³/mol. The molecule has 5 aromatic heterocycles. The number of imidazole rings is 3. The molecular formula is C66H87N17O19. The molecule has 0 fully saturated rings. The second kappa shape index (κ2) is 44.3. The third-order valence-corrected chi connectivity index (χ3v) is 13.9. The zero-order valence-electron chi connectivity index (χ0n) is 56.9. The van der Waals surface area contributed by atoms with E-state index in [-0.39, 0.29) is 105 Å². The fourth-order valence-corrected chi connectivity index (χ4v) is 8.84. The van der Waals surface area contributed by atoms with E-state index in [1.165, 1.54) is 52.3 Å². The number of rotatable bonds is 49. The lowest BCUT2D eigenvalue weighted by atomic mass is 10.2. The molecule has 0 saturated carbocycles. The number of aromatic nitrogens is 8. The van der Waals surface area contributed by atoms with Crippen LogP contribution in [0.2, 0.25) is 0 Å².